The molecule has 0 aliphatic carbocycles. The number of carbonyl (C=O) groups is 1. The van der Waals surface area contributed by atoms with Crippen LogP contribution in [0.4, 0.5) is 0 Å². The Morgan fingerprint density at radius 3 is 2.50 bits per heavy atom. The number of rotatable bonds is 7. The van der Waals surface area contributed by atoms with Crippen LogP contribution in [-0.2, 0) is 27.8 Å². The number of benzene rings is 2. The molecule has 0 atom stereocenters. The standard InChI is InChI=1S/C18H17N3O4S/c22-18(23)12-14-5-4-6-15(11-14)13-20-26(24,25)17-9-10-19-21(17)16-7-2-1-3-8-16/h1-11,20H,12-13H2,(H,22,23). The third kappa shape index (κ3) is 4.16. The zero-order valence-electron chi connectivity index (χ0n) is 13.7. The maximum atomic E-state index is 12.7. The highest BCUT2D eigenvalue weighted by Gasteiger charge is 2.20. The van der Waals surface area contributed by atoms with Crippen molar-refractivity contribution in [3.63, 3.8) is 0 Å². The SMILES string of the molecule is O=C(O)Cc1cccc(CNS(=O)(=O)c2ccnn2-c2ccccc2)c1. The van der Waals surface area contributed by atoms with Crippen molar-refractivity contribution in [1.82, 2.24) is 14.5 Å². The number of hydrogen-bond donors (Lipinski definition) is 2. The van der Waals surface area contributed by atoms with Crippen LogP contribution in [0.25, 0.3) is 5.69 Å². The zero-order chi connectivity index (χ0) is 18.6. The average Bonchev–Trinajstić information content (AvgIpc) is 3.11. The summed E-state index contributed by atoms with van der Waals surface area (Å²) in [6.07, 6.45) is 1.32. The largest absolute Gasteiger partial charge is 0.481 e. The minimum atomic E-state index is -3.80. The molecule has 0 radical (unpaired) electrons. The summed E-state index contributed by atoms with van der Waals surface area (Å²) in [5, 5.41) is 13.0. The van der Waals surface area contributed by atoms with Gasteiger partial charge in [-0.2, -0.15) is 5.10 Å². The molecule has 1 aromatic heterocycles. The number of carboxylic acids is 1. The molecular weight excluding hydrogens is 354 g/mol. The lowest BCUT2D eigenvalue weighted by atomic mass is 10.1. The van der Waals surface area contributed by atoms with Gasteiger partial charge in [-0.05, 0) is 29.3 Å². The maximum absolute atomic E-state index is 12.7. The number of sulfonamides is 1. The van der Waals surface area contributed by atoms with Gasteiger partial charge in [0.25, 0.3) is 10.0 Å². The van der Waals surface area contributed by atoms with E-state index in [4.69, 9.17) is 5.11 Å². The Hall–Kier alpha value is -2.97. The molecule has 0 spiro atoms. The summed E-state index contributed by atoms with van der Waals surface area (Å²) in [4.78, 5) is 10.8. The van der Waals surface area contributed by atoms with Crippen molar-refractivity contribution >= 4 is 16.0 Å². The van der Waals surface area contributed by atoms with E-state index in [9.17, 15) is 13.2 Å². The van der Waals surface area contributed by atoms with Gasteiger partial charge in [0.15, 0.2) is 5.03 Å². The highest BCUT2D eigenvalue weighted by atomic mass is 32.2. The number of nitrogens with one attached hydrogen (secondary N) is 1. The van der Waals surface area contributed by atoms with Gasteiger partial charge < -0.3 is 5.11 Å². The topological polar surface area (TPSA) is 101 Å². The van der Waals surface area contributed by atoms with E-state index in [1.807, 2.05) is 6.07 Å². The van der Waals surface area contributed by atoms with Crippen molar-refractivity contribution in [2.24, 2.45) is 0 Å². The van der Waals surface area contributed by atoms with E-state index in [0.717, 1.165) is 0 Å². The van der Waals surface area contributed by atoms with E-state index in [1.54, 1.807) is 48.5 Å². The Bertz CT molecular complexity index is 1010. The van der Waals surface area contributed by atoms with Crippen LogP contribution >= 0.6 is 0 Å². The normalized spacial score (nSPS) is 11.4. The number of hydrogen-bond acceptors (Lipinski definition) is 4. The van der Waals surface area contributed by atoms with Crippen LogP contribution in [0, 0.1) is 0 Å². The second kappa shape index (κ2) is 7.51. The molecule has 7 nitrogen and oxygen atoms in total. The summed E-state index contributed by atoms with van der Waals surface area (Å²) in [5.41, 5.74) is 1.93. The molecular formula is C18H17N3O4S. The van der Waals surface area contributed by atoms with E-state index in [2.05, 4.69) is 9.82 Å². The van der Waals surface area contributed by atoms with Crippen LogP contribution in [0.3, 0.4) is 0 Å². The van der Waals surface area contributed by atoms with Gasteiger partial charge in [-0.1, -0.05) is 42.5 Å². The molecule has 2 aromatic carbocycles. The summed E-state index contributed by atoms with van der Waals surface area (Å²) < 4.78 is 29.2. The molecule has 0 unspecified atom stereocenters. The molecule has 2 N–H and O–H groups in total. The molecule has 3 aromatic rings. The smallest absolute Gasteiger partial charge is 0.307 e. The number of carboxylic acid groups (broad SMARTS) is 1. The maximum Gasteiger partial charge on any atom is 0.307 e. The number of para-hydroxylation sites is 1. The van der Waals surface area contributed by atoms with E-state index >= 15 is 0 Å². The summed E-state index contributed by atoms with van der Waals surface area (Å²) >= 11 is 0. The summed E-state index contributed by atoms with van der Waals surface area (Å²) in [6, 6.07) is 17.2. The molecule has 0 fully saturated rings. The Morgan fingerprint density at radius 2 is 1.77 bits per heavy atom. The molecule has 0 saturated heterocycles. The minimum Gasteiger partial charge on any atom is -0.481 e. The van der Waals surface area contributed by atoms with Gasteiger partial charge in [-0.3, -0.25) is 4.79 Å². The van der Waals surface area contributed by atoms with Crippen LogP contribution < -0.4 is 4.72 Å². The van der Waals surface area contributed by atoms with Gasteiger partial charge in [0.05, 0.1) is 18.3 Å². The Balaban J connectivity index is 1.79. The Kier molecular flexibility index (Phi) is 5.15. The third-order valence-electron chi connectivity index (χ3n) is 3.70. The third-order valence-corrected chi connectivity index (χ3v) is 5.08. The molecule has 1 heterocycles. The van der Waals surface area contributed by atoms with Gasteiger partial charge in [0.2, 0.25) is 0 Å². The van der Waals surface area contributed by atoms with Gasteiger partial charge in [-0.15, -0.1) is 0 Å². The van der Waals surface area contributed by atoms with Gasteiger partial charge in [0.1, 0.15) is 0 Å². The van der Waals surface area contributed by atoms with E-state index in [-0.39, 0.29) is 18.0 Å². The fourth-order valence-electron chi connectivity index (χ4n) is 2.53. The Labute approximate surface area is 151 Å². The molecule has 0 aliphatic heterocycles. The highest BCUT2D eigenvalue weighted by molar-refractivity contribution is 7.89. The summed E-state index contributed by atoms with van der Waals surface area (Å²) in [5.74, 6) is -0.936. The predicted octanol–water partition coefficient (Wildman–Crippen LogP) is 1.98. The first-order valence-electron chi connectivity index (χ1n) is 7.84. The van der Waals surface area contributed by atoms with Crippen molar-refractivity contribution < 1.29 is 18.3 Å². The van der Waals surface area contributed by atoms with Crippen LogP contribution in [0.5, 0.6) is 0 Å². The van der Waals surface area contributed by atoms with Crippen molar-refractivity contribution in [3.05, 3.63) is 78.0 Å². The molecule has 0 amide bonds. The summed E-state index contributed by atoms with van der Waals surface area (Å²) in [6.45, 7) is 0.0514. The van der Waals surface area contributed by atoms with E-state index in [0.29, 0.717) is 16.8 Å². The van der Waals surface area contributed by atoms with Crippen molar-refractivity contribution in [2.45, 2.75) is 18.0 Å². The van der Waals surface area contributed by atoms with Crippen LogP contribution in [0.2, 0.25) is 0 Å². The second-order valence-corrected chi connectivity index (χ2v) is 7.35. The lowest BCUT2D eigenvalue weighted by Crippen LogP contribution is -2.25. The molecule has 0 saturated carbocycles. The lowest BCUT2D eigenvalue weighted by Gasteiger charge is -2.10. The monoisotopic (exact) mass is 371 g/mol. The van der Waals surface area contributed by atoms with Crippen LogP contribution in [0.15, 0.2) is 71.9 Å². The van der Waals surface area contributed by atoms with Gasteiger partial charge in [-0.25, -0.2) is 17.8 Å². The quantitative estimate of drug-likeness (QED) is 0.661. The molecule has 3 rings (SSSR count). The number of aromatic nitrogens is 2. The highest BCUT2D eigenvalue weighted by Crippen LogP contribution is 2.15. The van der Waals surface area contributed by atoms with Crippen LogP contribution in [0.1, 0.15) is 11.1 Å². The lowest BCUT2D eigenvalue weighted by molar-refractivity contribution is -0.136. The van der Waals surface area contributed by atoms with Crippen LogP contribution in [-0.4, -0.2) is 29.3 Å². The first kappa shape index (κ1) is 17.8. The number of aliphatic carboxylic acids is 1. The van der Waals surface area contributed by atoms with E-state index in [1.165, 1.54) is 16.9 Å². The molecule has 134 valence electrons. The van der Waals surface area contributed by atoms with E-state index < -0.39 is 16.0 Å². The fourth-order valence-corrected chi connectivity index (χ4v) is 3.66. The molecule has 26 heavy (non-hydrogen) atoms. The first-order valence-corrected chi connectivity index (χ1v) is 9.33. The molecule has 8 heteroatoms. The average molecular weight is 371 g/mol. The van der Waals surface area contributed by atoms with Crippen molar-refractivity contribution in [3.8, 4) is 5.69 Å². The molecule has 0 bridgehead atoms. The van der Waals surface area contributed by atoms with Gasteiger partial charge >= 0.3 is 5.97 Å². The predicted molar refractivity (Wildman–Crippen MR) is 95.4 cm³/mol. The van der Waals surface area contributed by atoms with Gasteiger partial charge in [0, 0.05) is 6.54 Å². The van der Waals surface area contributed by atoms with Crippen molar-refractivity contribution in [1.29, 1.82) is 0 Å². The zero-order valence-corrected chi connectivity index (χ0v) is 14.6. The number of nitrogens with zero attached hydrogens (tertiary/aromatic N) is 2. The summed E-state index contributed by atoms with van der Waals surface area (Å²) in [7, 11) is -3.80. The molecule has 0 aliphatic rings. The Morgan fingerprint density at radius 1 is 1.04 bits per heavy atom. The van der Waals surface area contributed by atoms with Crippen molar-refractivity contribution in [2.75, 3.05) is 0 Å². The first-order chi connectivity index (χ1) is 12.5. The second-order valence-electron chi connectivity index (χ2n) is 5.63. The fraction of sp³-hybridized carbons (Fsp3) is 0.111. The minimum absolute atomic E-state index is 0.0328.